The van der Waals surface area contributed by atoms with Gasteiger partial charge in [-0.1, -0.05) is 41.8 Å². The van der Waals surface area contributed by atoms with Crippen LogP contribution >= 0.6 is 23.2 Å². The zero-order valence-corrected chi connectivity index (χ0v) is 21.5. The van der Waals surface area contributed by atoms with E-state index in [0.29, 0.717) is 37.2 Å². The number of aliphatic hydroxyl groups is 1. The van der Waals surface area contributed by atoms with Gasteiger partial charge in [0, 0.05) is 30.9 Å². The second-order valence-corrected chi connectivity index (χ2v) is 13.0. The van der Waals surface area contributed by atoms with Crippen molar-refractivity contribution in [2.45, 2.75) is 42.9 Å². The van der Waals surface area contributed by atoms with Gasteiger partial charge in [-0.05, 0) is 72.9 Å². The number of sulfonamides is 1. The first-order chi connectivity index (χ1) is 16.6. The van der Waals surface area contributed by atoms with Crippen molar-refractivity contribution in [3.63, 3.8) is 0 Å². The number of aliphatic hydroxyl groups excluding tert-OH is 1. The molecule has 2 unspecified atom stereocenters. The van der Waals surface area contributed by atoms with Crippen molar-refractivity contribution in [1.82, 2.24) is 4.31 Å². The second kappa shape index (κ2) is 9.32. The lowest BCUT2D eigenvalue weighted by molar-refractivity contribution is 0.102. The maximum atomic E-state index is 13.9. The van der Waals surface area contributed by atoms with Crippen LogP contribution in [0.3, 0.4) is 0 Å². The van der Waals surface area contributed by atoms with Gasteiger partial charge >= 0.3 is 0 Å². The molecule has 2 aliphatic carbocycles. The largest absolute Gasteiger partial charge is 0.396 e. The van der Waals surface area contributed by atoms with Crippen LogP contribution in [0.2, 0.25) is 10.0 Å². The van der Waals surface area contributed by atoms with E-state index in [1.54, 1.807) is 34.6 Å². The maximum absolute atomic E-state index is 13.9. The molecule has 0 spiro atoms. The summed E-state index contributed by atoms with van der Waals surface area (Å²) < 4.78 is 29.3. The quantitative estimate of drug-likeness (QED) is 0.533. The molecule has 4 N–H and O–H groups in total. The number of nitrogens with two attached hydrogens (primary N) is 1. The van der Waals surface area contributed by atoms with Crippen LogP contribution in [0.1, 0.15) is 52.4 Å². The summed E-state index contributed by atoms with van der Waals surface area (Å²) in [5.74, 6) is -0.444. The topological polar surface area (TPSA) is 113 Å². The molecule has 188 valence electrons. The second-order valence-electron chi connectivity index (χ2n) is 10.1. The Labute approximate surface area is 215 Å². The normalized spacial score (nSPS) is 28.5. The minimum Gasteiger partial charge on any atom is -0.396 e. The van der Waals surface area contributed by atoms with Crippen LogP contribution in [0, 0.1) is 11.8 Å². The van der Waals surface area contributed by atoms with Gasteiger partial charge in [0.2, 0.25) is 10.0 Å². The minimum absolute atomic E-state index is 0.0849. The van der Waals surface area contributed by atoms with Gasteiger partial charge in [0.25, 0.3) is 5.91 Å². The number of anilines is 1. The SMILES string of the molecule is N[C@]12CCCC1CN(S(=O)(=O)C1C[C@H](CO)Cc3ccc(NC(=O)c4c(Cl)cccc4Cl)cc31)C2. The fourth-order valence-corrected chi connectivity index (χ4v) is 8.77. The first-order valence-corrected chi connectivity index (χ1v) is 14.1. The van der Waals surface area contributed by atoms with E-state index in [1.807, 2.05) is 6.07 Å². The molecule has 1 saturated carbocycles. The van der Waals surface area contributed by atoms with E-state index in [-0.39, 0.29) is 34.1 Å². The van der Waals surface area contributed by atoms with Gasteiger partial charge in [0.05, 0.1) is 15.6 Å². The predicted octanol–water partition coefficient (Wildman–Crippen LogP) is 3.98. The first-order valence-electron chi connectivity index (χ1n) is 11.9. The molecule has 5 rings (SSSR count). The highest BCUT2D eigenvalue weighted by Crippen LogP contribution is 2.46. The van der Waals surface area contributed by atoms with Crippen LogP contribution in [0.5, 0.6) is 0 Å². The van der Waals surface area contributed by atoms with Crippen molar-refractivity contribution in [3.8, 4) is 0 Å². The van der Waals surface area contributed by atoms with Crippen LogP contribution in [0.25, 0.3) is 0 Å². The molecule has 2 aromatic carbocycles. The van der Waals surface area contributed by atoms with Gasteiger partial charge in [-0.2, -0.15) is 4.31 Å². The van der Waals surface area contributed by atoms with Crippen LogP contribution in [-0.4, -0.2) is 49.0 Å². The number of benzene rings is 2. The zero-order valence-electron chi connectivity index (χ0n) is 19.2. The number of rotatable bonds is 5. The number of fused-ring (bicyclic) bond motifs is 2. The number of hydrogen-bond donors (Lipinski definition) is 3. The van der Waals surface area contributed by atoms with Crippen molar-refractivity contribution >= 4 is 44.8 Å². The third-order valence-electron chi connectivity index (χ3n) is 7.88. The Morgan fingerprint density at radius 1 is 1.23 bits per heavy atom. The summed E-state index contributed by atoms with van der Waals surface area (Å²) in [4.78, 5) is 12.9. The van der Waals surface area contributed by atoms with Crippen molar-refractivity contribution in [1.29, 1.82) is 0 Å². The molecule has 3 aliphatic rings. The van der Waals surface area contributed by atoms with Crippen LogP contribution in [0.15, 0.2) is 36.4 Å². The van der Waals surface area contributed by atoms with Crippen molar-refractivity contribution in [2.75, 3.05) is 25.0 Å². The highest BCUT2D eigenvalue weighted by molar-refractivity contribution is 7.89. The summed E-state index contributed by atoms with van der Waals surface area (Å²) in [7, 11) is -3.72. The molecular formula is C25H29Cl2N3O4S. The molecule has 1 aliphatic heterocycles. The van der Waals surface area contributed by atoms with E-state index < -0.39 is 26.7 Å². The lowest BCUT2D eigenvalue weighted by Gasteiger charge is -2.34. The number of carbonyl (C=O) groups is 1. The molecule has 0 aromatic heterocycles. The average Bonchev–Trinajstić information content (AvgIpc) is 3.33. The Kier molecular flexibility index (Phi) is 6.66. The average molecular weight is 538 g/mol. The van der Waals surface area contributed by atoms with Crippen molar-refractivity contribution in [2.24, 2.45) is 17.6 Å². The highest BCUT2D eigenvalue weighted by Gasteiger charge is 2.52. The molecule has 0 radical (unpaired) electrons. The minimum atomic E-state index is -3.72. The summed E-state index contributed by atoms with van der Waals surface area (Å²) in [5.41, 5.74) is 8.25. The number of nitrogens with zero attached hydrogens (tertiary/aromatic N) is 1. The molecule has 2 aromatic rings. The molecule has 0 bridgehead atoms. The fraction of sp³-hybridized carbons (Fsp3) is 0.480. The highest BCUT2D eigenvalue weighted by atomic mass is 35.5. The molecule has 1 heterocycles. The smallest absolute Gasteiger partial charge is 0.258 e. The Hall–Kier alpha value is -1.68. The lowest BCUT2D eigenvalue weighted by atomic mass is 9.83. The summed E-state index contributed by atoms with van der Waals surface area (Å²) in [5, 5.41) is 12.3. The first kappa shape index (κ1) is 25.0. The number of carbonyl (C=O) groups excluding carboxylic acids is 1. The van der Waals surface area contributed by atoms with E-state index in [1.165, 1.54) is 0 Å². The molecule has 1 amide bonds. The summed E-state index contributed by atoms with van der Waals surface area (Å²) in [6.07, 6.45) is 3.71. The van der Waals surface area contributed by atoms with E-state index in [2.05, 4.69) is 5.32 Å². The van der Waals surface area contributed by atoms with Crippen LogP contribution in [-0.2, 0) is 16.4 Å². The predicted molar refractivity (Wildman–Crippen MR) is 137 cm³/mol. The monoisotopic (exact) mass is 537 g/mol. The standard InChI is InChI=1S/C25H29Cl2N3O4S/c26-20-4-1-5-21(27)23(20)24(32)29-18-7-6-16-9-15(13-31)10-22(19(16)11-18)35(33,34)30-12-17-3-2-8-25(17,28)14-30/h1,4-7,11,15,17,22,31H,2-3,8-10,12-14,28H2,(H,29,32)/t15-,17?,22?,25+/m1/s1. The number of hydrogen-bond acceptors (Lipinski definition) is 5. The fourth-order valence-electron chi connectivity index (χ4n) is 5.97. The number of nitrogens with one attached hydrogen (secondary N) is 1. The summed E-state index contributed by atoms with van der Waals surface area (Å²) >= 11 is 12.4. The third kappa shape index (κ3) is 4.49. The van der Waals surface area contributed by atoms with Gasteiger partial charge < -0.3 is 16.2 Å². The summed E-state index contributed by atoms with van der Waals surface area (Å²) in [6, 6.07) is 10.1. The van der Waals surface area contributed by atoms with Gasteiger partial charge in [-0.25, -0.2) is 8.42 Å². The molecule has 10 heteroatoms. The lowest BCUT2D eigenvalue weighted by Crippen LogP contribution is -2.45. The Bertz CT molecular complexity index is 1250. The van der Waals surface area contributed by atoms with Crippen LogP contribution < -0.4 is 11.1 Å². The molecule has 7 nitrogen and oxygen atoms in total. The zero-order chi connectivity index (χ0) is 25.0. The Morgan fingerprint density at radius 3 is 2.66 bits per heavy atom. The maximum Gasteiger partial charge on any atom is 0.258 e. The van der Waals surface area contributed by atoms with Gasteiger partial charge in [0.15, 0.2) is 0 Å². The number of amides is 1. The molecule has 35 heavy (non-hydrogen) atoms. The van der Waals surface area contributed by atoms with Crippen LogP contribution in [0.4, 0.5) is 5.69 Å². The van der Waals surface area contributed by atoms with E-state index in [4.69, 9.17) is 28.9 Å². The van der Waals surface area contributed by atoms with E-state index >= 15 is 0 Å². The van der Waals surface area contributed by atoms with E-state index in [0.717, 1.165) is 24.8 Å². The molecular weight excluding hydrogens is 509 g/mol. The van der Waals surface area contributed by atoms with Crippen molar-refractivity contribution in [3.05, 3.63) is 63.1 Å². The Morgan fingerprint density at radius 2 is 1.97 bits per heavy atom. The third-order valence-corrected chi connectivity index (χ3v) is 10.7. The molecule has 1 saturated heterocycles. The van der Waals surface area contributed by atoms with Gasteiger partial charge in [0.1, 0.15) is 5.25 Å². The van der Waals surface area contributed by atoms with Gasteiger partial charge in [-0.3, -0.25) is 4.79 Å². The van der Waals surface area contributed by atoms with E-state index in [9.17, 15) is 18.3 Å². The summed E-state index contributed by atoms with van der Waals surface area (Å²) in [6.45, 7) is 0.686. The van der Waals surface area contributed by atoms with Crippen molar-refractivity contribution < 1.29 is 18.3 Å². The Balaban J connectivity index is 1.46. The molecule has 4 atom stereocenters. The molecule has 2 fully saturated rings. The number of halogens is 2. The van der Waals surface area contributed by atoms with Gasteiger partial charge in [-0.15, -0.1) is 0 Å².